The molecule has 4 rings (SSSR count). The summed E-state index contributed by atoms with van der Waals surface area (Å²) in [7, 11) is 1.67. The molecule has 168 valence electrons. The van der Waals surface area contributed by atoms with Gasteiger partial charge in [-0.1, -0.05) is 25.4 Å². The van der Waals surface area contributed by atoms with Crippen LogP contribution in [0.15, 0.2) is 30.6 Å². The van der Waals surface area contributed by atoms with Crippen molar-refractivity contribution in [2.24, 2.45) is 5.92 Å². The molecular formula is C22H30ClN5O3. The maximum Gasteiger partial charge on any atom is 0.322 e. The van der Waals surface area contributed by atoms with Crippen LogP contribution in [0.4, 0.5) is 10.5 Å². The zero-order chi connectivity index (χ0) is 22.0. The fourth-order valence-electron chi connectivity index (χ4n) is 5.35. The Bertz CT molecular complexity index is 909. The highest BCUT2D eigenvalue weighted by Crippen LogP contribution is 2.53. The van der Waals surface area contributed by atoms with E-state index in [1.54, 1.807) is 37.7 Å². The monoisotopic (exact) mass is 447 g/mol. The predicted octanol–water partition coefficient (Wildman–Crippen LogP) is 4.14. The van der Waals surface area contributed by atoms with Gasteiger partial charge in [-0.05, 0) is 49.8 Å². The second-order valence-corrected chi connectivity index (χ2v) is 8.96. The van der Waals surface area contributed by atoms with E-state index in [2.05, 4.69) is 29.4 Å². The van der Waals surface area contributed by atoms with Gasteiger partial charge in [-0.2, -0.15) is 15.0 Å². The van der Waals surface area contributed by atoms with Crippen molar-refractivity contribution in [3.05, 3.63) is 35.6 Å². The molecule has 31 heavy (non-hydrogen) atoms. The highest BCUT2D eigenvalue weighted by Gasteiger charge is 2.61. The number of benzene rings is 1. The number of halogens is 1. The number of nitrogens with zero attached hydrogens (tertiary/aromatic N) is 4. The Labute approximate surface area is 187 Å². The number of nitrogens with one attached hydrogen (secondary N) is 1. The fourth-order valence-corrected chi connectivity index (χ4v) is 5.54. The molecule has 1 aromatic heterocycles. The van der Waals surface area contributed by atoms with E-state index in [0.29, 0.717) is 35.5 Å². The van der Waals surface area contributed by atoms with Gasteiger partial charge in [0, 0.05) is 18.8 Å². The third kappa shape index (κ3) is 4.16. The van der Waals surface area contributed by atoms with Crippen LogP contribution >= 0.6 is 11.6 Å². The summed E-state index contributed by atoms with van der Waals surface area (Å²) in [6, 6.07) is 5.47. The predicted molar refractivity (Wildman–Crippen MR) is 119 cm³/mol. The first kappa shape index (κ1) is 22.0. The average molecular weight is 448 g/mol. The summed E-state index contributed by atoms with van der Waals surface area (Å²) in [5.74, 6) is 0.566. The molecule has 1 saturated carbocycles. The van der Waals surface area contributed by atoms with Crippen molar-refractivity contribution in [1.29, 1.82) is 0 Å². The molecule has 2 heterocycles. The normalized spacial score (nSPS) is 25.7. The average Bonchev–Trinajstić information content (AvgIpc) is 3.26. The highest BCUT2D eigenvalue weighted by atomic mass is 35.5. The van der Waals surface area contributed by atoms with Crippen molar-refractivity contribution in [1.82, 2.24) is 19.9 Å². The topological polar surface area (TPSA) is 81.5 Å². The number of hydrogen-bond donors (Lipinski definition) is 1. The van der Waals surface area contributed by atoms with Crippen LogP contribution in [0.2, 0.25) is 5.02 Å². The van der Waals surface area contributed by atoms with Crippen LogP contribution in [0.3, 0.4) is 0 Å². The molecule has 1 saturated heterocycles. The van der Waals surface area contributed by atoms with E-state index in [9.17, 15) is 4.79 Å². The molecule has 2 aromatic rings. The van der Waals surface area contributed by atoms with Gasteiger partial charge >= 0.3 is 6.03 Å². The van der Waals surface area contributed by atoms with Gasteiger partial charge in [-0.15, -0.1) is 0 Å². The van der Waals surface area contributed by atoms with E-state index in [1.807, 2.05) is 4.90 Å². The number of hydrogen-bond acceptors (Lipinski definition) is 5. The van der Waals surface area contributed by atoms with Crippen molar-refractivity contribution in [3.8, 4) is 5.69 Å². The second kappa shape index (κ2) is 9.14. The number of ether oxygens (including phenoxy) is 2. The van der Waals surface area contributed by atoms with Gasteiger partial charge in [0.05, 0.1) is 42.3 Å². The molecule has 4 atom stereocenters. The Morgan fingerprint density at radius 1 is 1.32 bits per heavy atom. The molecular weight excluding hydrogens is 418 g/mol. The van der Waals surface area contributed by atoms with E-state index in [1.165, 1.54) is 4.80 Å². The van der Waals surface area contributed by atoms with Crippen LogP contribution in [0, 0.1) is 5.92 Å². The van der Waals surface area contributed by atoms with Gasteiger partial charge in [0.15, 0.2) is 0 Å². The quantitative estimate of drug-likeness (QED) is 0.615. The van der Waals surface area contributed by atoms with Crippen molar-refractivity contribution in [2.45, 2.75) is 57.2 Å². The molecule has 2 aliphatic rings. The van der Waals surface area contributed by atoms with Gasteiger partial charge in [0.1, 0.15) is 5.69 Å². The number of rotatable bonds is 8. The third-order valence-corrected chi connectivity index (χ3v) is 6.76. The summed E-state index contributed by atoms with van der Waals surface area (Å²) in [6.07, 6.45) is 6.96. The van der Waals surface area contributed by atoms with Crippen molar-refractivity contribution in [3.63, 3.8) is 0 Å². The van der Waals surface area contributed by atoms with Crippen LogP contribution in [0.25, 0.3) is 5.69 Å². The van der Waals surface area contributed by atoms with Gasteiger partial charge in [0.25, 0.3) is 0 Å². The van der Waals surface area contributed by atoms with Gasteiger partial charge in [-0.25, -0.2) is 4.79 Å². The summed E-state index contributed by atoms with van der Waals surface area (Å²) >= 11 is 6.31. The molecule has 2 amide bonds. The molecule has 2 bridgehead atoms. The van der Waals surface area contributed by atoms with E-state index in [0.717, 1.165) is 25.7 Å². The number of fused-ring (bicyclic) bond motifs is 2. The number of urea groups is 1. The minimum Gasteiger partial charge on any atom is -0.382 e. The highest BCUT2D eigenvalue weighted by molar-refractivity contribution is 6.32. The summed E-state index contributed by atoms with van der Waals surface area (Å²) in [5.41, 5.74) is 1.00. The molecule has 1 aromatic carbocycles. The zero-order valence-corrected chi connectivity index (χ0v) is 19.0. The SMILES string of the molecule is CC[C@@H](OCCOC)[C@]12C[C@@H](C)C[C@H](C1)N2C(=O)Nc1ccc(Cl)c(-n2nccn2)c1. The van der Waals surface area contributed by atoms with E-state index in [-0.39, 0.29) is 23.7 Å². The number of likely N-dealkylation sites (tertiary alicyclic amines) is 1. The molecule has 0 radical (unpaired) electrons. The van der Waals surface area contributed by atoms with Gasteiger partial charge in [0.2, 0.25) is 0 Å². The summed E-state index contributed by atoms with van der Waals surface area (Å²) < 4.78 is 11.3. The van der Waals surface area contributed by atoms with Crippen LogP contribution in [0.5, 0.6) is 0 Å². The van der Waals surface area contributed by atoms with Gasteiger partial charge in [-0.3, -0.25) is 0 Å². The third-order valence-electron chi connectivity index (χ3n) is 6.44. The van der Waals surface area contributed by atoms with Crippen LogP contribution in [0.1, 0.15) is 39.5 Å². The van der Waals surface area contributed by atoms with Crippen molar-refractivity contribution >= 4 is 23.3 Å². The number of piperidine rings is 1. The minimum absolute atomic E-state index is 0.0125. The summed E-state index contributed by atoms with van der Waals surface area (Å²) in [4.78, 5) is 16.9. The Hall–Kier alpha value is -2.16. The lowest BCUT2D eigenvalue weighted by Gasteiger charge is -2.65. The van der Waals surface area contributed by atoms with Crippen LogP contribution < -0.4 is 5.32 Å². The summed E-state index contributed by atoms with van der Waals surface area (Å²) in [6.45, 7) is 5.47. The molecule has 0 spiro atoms. The number of anilines is 1. The molecule has 2 fully saturated rings. The van der Waals surface area contributed by atoms with E-state index in [4.69, 9.17) is 21.1 Å². The number of amides is 2. The Morgan fingerprint density at radius 3 is 2.81 bits per heavy atom. The first-order valence-electron chi connectivity index (χ1n) is 10.9. The molecule has 1 aliphatic carbocycles. The molecule has 1 N–H and O–H groups in total. The number of carbonyl (C=O) groups excluding carboxylic acids is 1. The number of methoxy groups -OCH3 is 1. The Kier molecular flexibility index (Phi) is 6.50. The first-order valence-corrected chi connectivity index (χ1v) is 11.2. The van der Waals surface area contributed by atoms with E-state index < -0.39 is 0 Å². The smallest absolute Gasteiger partial charge is 0.322 e. The lowest BCUT2D eigenvalue weighted by molar-refractivity contribution is -0.173. The lowest BCUT2D eigenvalue weighted by atomic mass is 9.61. The maximum absolute atomic E-state index is 13.4. The van der Waals surface area contributed by atoms with Crippen molar-refractivity contribution in [2.75, 3.05) is 25.6 Å². The first-order chi connectivity index (χ1) is 15.0. The second-order valence-electron chi connectivity index (χ2n) is 8.55. The number of aromatic nitrogens is 3. The fraction of sp³-hybridized carbons (Fsp3) is 0.591. The Balaban J connectivity index is 1.54. The lowest BCUT2D eigenvalue weighted by Crippen LogP contribution is -2.76. The molecule has 0 unspecified atom stereocenters. The van der Waals surface area contributed by atoms with Crippen molar-refractivity contribution < 1.29 is 14.3 Å². The standard InChI is InChI=1S/C22H30ClN5O3/c1-4-20(31-10-9-30-3)22-13-15(2)11-17(14-22)27(22)21(29)26-16-5-6-18(23)19(12-16)28-24-7-8-25-28/h5-8,12,15,17,20H,4,9-11,13-14H2,1-3H3,(H,26,29)/t15-,17+,20+,22-/m0/s1. The van der Waals surface area contributed by atoms with Gasteiger partial charge < -0.3 is 19.7 Å². The zero-order valence-electron chi connectivity index (χ0n) is 18.3. The maximum atomic E-state index is 13.4. The van der Waals surface area contributed by atoms with Crippen LogP contribution in [-0.4, -0.2) is 63.9 Å². The molecule has 1 aliphatic heterocycles. The molecule has 9 heteroatoms. The number of carbonyl (C=O) groups is 1. The summed E-state index contributed by atoms with van der Waals surface area (Å²) in [5, 5.41) is 11.9. The van der Waals surface area contributed by atoms with Crippen LogP contribution in [-0.2, 0) is 9.47 Å². The minimum atomic E-state index is -0.270. The molecule has 8 nitrogen and oxygen atoms in total. The largest absolute Gasteiger partial charge is 0.382 e. The van der Waals surface area contributed by atoms with E-state index >= 15 is 0 Å². The Morgan fingerprint density at radius 2 is 2.10 bits per heavy atom.